The highest BCUT2D eigenvalue weighted by Gasteiger charge is 2.15. The minimum atomic E-state index is -0.862. The zero-order valence-corrected chi connectivity index (χ0v) is 12.4. The number of hydrogen-bond donors (Lipinski definition) is 3. The van der Waals surface area contributed by atoms with Crippen molar-refractivity contribution in [3.63, 3.8) is 0 Å². The summed E-state index contributed by atoms with van der Waals surface area (Å²) in [6.45, 7) is 5.62. The van der Waals surface area contributed by atoms with Gasteiger partial charge in [0.2, 0.25) is 0 Å². The molecule has 0 aliphatic carbocycles. The van der Waals surface area contributed by atoms with E-state index in [1.54, 1.807) is 13.0 Å². The van der Waals surface area contributed by atoms with Crippen molar-refractivity contribution >= 4 is 17.5 Å². The molecule has 3 N–H and O–H groups in total. The van der Waals surface area contributed by atoms with Crippen molar-refractivity contribution in [2.24, 2.45) is 5.92 Å². The standard InChI is InChI=1S/C15H21FN2O3/c1-9(2)13(19)4-5-17-14(20)15(21)18-12-7-10(3)6-11(16)8-12/h6-9,13,19H,4-5H2,1-3H3,(H,17,20)(H,18,21). The number of carbonyl (C=O) groups excluding carboxylic acids is 2. The quantitative estimate of drug-likeness (QED) is 0.722. The highest BCUT2D eigenvalue weighted by Crippen LogP contribution is 2.13. The molecular formula is C15H21FN2O3. The number of amides is 2. The van der Waals surface area contributed by atoms with Gasteiger partial charge in [-0.15, -0.1) is 0 Å². The summed E-state index contributed by atoms with van der Waals surface area (Å²) in [7, 11) is 0. The molecule has 0 fully saturated rings. The van der Waals surface area contributed by atoms with Gasteiger partial charge in [0.1, 0.15) is 5.82 Å². The molecule has 0 radical (unpaired) electrons. The van der Waals surface area contributed by atoms with Gasteiger partial charge in [-0.1, -0.05) is 13.8 Å². The number of aliphatic hydroxyl groups is 1. The van der Waals surface area contributed by atoms with Gasteiger partial charge < -0.3 is 15.7 Å². The fraction of sp³-hybridized carbons (Fsp3) is 0.467. The largest absolute Gasteiger partial charge is 0.393 e. The molecule has 6 heteroatoms. The van der Waals surface area contributed by atoms with Crippen molar-refractivity contribution in [3.8, 4) is 0 Å². The normalized spacial score (nSPS) is 12.1. The number of aliphatic hydroxyl groups excluding tert-OH is 1. The Morgan fingerprint density at radius 1 is 1.24 bits per heavy atom. The maximum atomic E-state index is 13.2. The molecule has 1 atom stereocenters. The average Bonchev–Trinajstić information content (AvgIpc) is 2.36. The summed E-state index contributed by atoms with van der Waals surface area (Å²) in [6, 6.07) is 4.03. The number of hydrogen-bond acceptors (Lipinski definition) is 3. The summed E-state index contributed by atoms with van der Waals surface area (Å²) in [6.07, 6.45) is -0.158. The Labute approximate surface area is 123 Å². The van der Waals surface area contributed by atoms with Crippen LogP contribution in [0.2, 0.25) is 0 Å². The summed E-state index contributed by atoms with van der Waals surface area (Å²) in [4.78, 5) is 23.2. The van der Waals surface area contributed by atoms with Crippen LogP contribution in [0.25, 0.3) is 0 Å². The van der Waals surface area contributed by atoms with Crippen LogP contribution in [-0.2, 0) is 9.59 Å². The van der Waals surface area contributed by atoms with Crippen LogP contribution in [0.3, 0.4) is 0 Å². The Hall–Kier alpha value is -1.95. The SMILES string of the molecule is Cc1cc(F)cc(NC(=O)C(=O)NCCC(O)C(C)C)c1. The van der Waals surface area contributed by atoms with Gasteiger partial charge in [-0.25, -0.2) is 4.39 Å². The van der Waals surface area contributed by atoms with Gasteiger partial charge in [-0.2, -0.15) is 0 Å². The second-order valence-electron chi connectivity index (χ2n) is 5.33. The average molecular weight is 296 g/mol. The van der Waals surface area contributed by atoms with Crippen LogP contribution in [0, 0.1) is 18.7 Å². The lowest BCUT2D eigenvalue weighted by Gasteiger charge is -2.14. The van der Waals surface area contributed by atoms with Crippen LogP contribution in [0.5, 0.6) is 0 Å². The van der Waals surface area contributed by atoms with Gasteiger partial charge in [0.05, 0.1) is 6.10 Å². The van der Waals surface area contributed by atoms with Gasteiger partial charge in [-0.05, 0) is 43.0 Å². The highest BCUT2D eigenvalue weighted by molar-refractivity contribution is 6.39. The number of aryl methyl sites for hydroxylation is 1. The number of nitrogens with one attached hydrogen (secondary N) is 2. The smallest absolute Gasteiger partial charge is 0.313 e. The minimum absolute atomic E-state index is 0.0889. The summed E-state index contributed by atoms with van der Waals surface area (Å²) in [5, 5.41) is 14.3. The third-order valence-corrected chi connectivity index (χ3v) is 3.00. The van der Waals surface area contributed by atoms with Crippen molar-refractivity contribution in [1.29, 1.82) is 0 Å². The van der Waals surface area contributed by atoms with E-state index in [4.69, 9.17) is 0 Å². The lowest BCUT2D eigenvalue weighted by Crippen LogP contribution is -2.37. The summed E-state index contributed by atoms with van der Waals surface area (Å²) < 4.78 is 13.2. The Morgan fingerprint density at radius 2 is 1.90 bits per heavy atom. The fourth-order valence-electron chi connectivity index (χ4n) is 1.74. The lowest BCUT2D eigenvalue weighted by molar-refractivity contribution is -0.136. The zero-order chi connectivity index (χ0) is 16.0. The van der Waals surface area contributed by atoms with Crippen molar-refractivity contribution in [3.05, 3.63) is 29.6 Å². The van der Waals surface area contributed by atoms with Gasteiger partial charge in [0.25, 0.3) is 0 Å². The van der Waals surface area contributed by atoms with E-state index in [0.29, 0.717) is 12.0 Å². The van der Waals surface area contributed by atoms with Crippen LogP contribution >= 0.6 is 0 Å². The van der Waals surface area contributed by atoms with Crippen molar-refractivity contribution in [2.45, 2.75) is 33.3 Å². The third-order valence-electron chi connectivity index (χ3n) is 3.00. The van der Waals surface area contributed by atoms with E-state index >= 15 is 0 Å². The molecular weight excluding hydrogens is 275 g/mol. The Kier molecular flexibility index (Phi) is 6.30. The number of halogens is 1. The second kappa shape index (κ2) is 7.73. The Bertz CT molecular complexity index is 497. The topological polar surface area (TPSA) is 78.4 Å². The van der Waals surface area contributed by atoms with Crippen molar-refractivity contribution < 1.29 is 19.1 Å². The Balaban J connectivity index is 2.46. The van der Waals surface area contributed by atoms with E-state index in [1.165, 1.54) is 6.07 Å². The molecule has 1 unspecified atom stereocenters. The van der Waals surface area contributed by atoms with Gasteiger partial charge in [-0.3, -0.25) is 9.59 Å². The minimum Gasteiger partial charge on any atom is -0.393 e. The summed E-state index contributed by atoms with van der Waals surface area (Å²) in [5.74, 6) is -2.07. The molecule has 0 aromatic heterocycles. The van der Waals surface area contributed by atoms with Crippen LogP contribution in [-0.4, -0.2) is 29.6 Å². The maximum absolute atomic E-state index is 13.2. The third kappa shape index (κ3) is 5.91. The first-order valence-electron chi connectivity index (χ1n) is 6.84. The molecule has 0 saturated heterocycles. The molecule has 0 bridgehead atoms. The molecule has 0 spiro atoms. The first-order valence-corrected chi connectivity index (χ1v) is 6.84. The van der Waals surface area contributed by atoms with Gasteiger partial charge in [0, 0.05) is 12.2 Å². The first-order chi connectivity index (χ1) is 9.79. The first kappa shape index (κ1) is 17.1. The van der Waals surface area contributed by atoms with E-state index < -0.39 is 23.7 Å². The molecule has 21 heavy (non-hydrogen) atoms. The number of carbonyl (C=O) groups is 2. The zero-order valence-electron chi connectivity index (χ0n) is 12.4. The van der Waals surface area contributed by atoms with Crippen LogP contribution in [0.1, 0.15) is 25.8 Å². The number of benzene rings is 1. The molecule has 1 rings (SSSR count). The van der Waals surface area contributed by atoms with E-state index in [1.807, 2.05) is 13.8 Å². The molecule has 0 aliphatic rings. The molecule has 0 saturated carbocycles. The molecule has 116 valence electrons. The monoisotopic (exact) mass is 296 g/mol. The predicted octanol–water partition coefficient (Wildman–Crippen LogP) is 1.60. The summed E-state index contributed by atoms with van der Waals surface area (Å²) >= 11 is 0. The van der Waals surface area contributed by atoms with E-state index in [9.17, 15) is 19.1 Å². The van der Waals surface area contributed by atoms with Crippen molar-refractivity contribution in [2.75, 3.05) is 11.9 Å². The molecule has 0 aliphatic heterocycles. The van der Waals surface area contributed by atoms with Gasteiger partial charge >= 0.3 is 11.8 Å². The molecule has 0 heterocycles. The maximum Gasteiger partial charge on any atom is 0.313 e. The van der Waals surface area contributed by atoms with E-state index in [2.05, 4.69) is 10.6 Å². The molecule has 1 aromatic carbocycles. The highest BCUT2D eigenvalue weighted by atomic mass is 19.1. The Morgan fingerprint density at radius 3 is 2.48 bits per heavy atom. The molecule has 2 amide bonds. The van der Waals surface area contributed by atoms with E-state index in [0.717, 1.165) is 6.07 Å². The number of anilines is 1. The van der Waals surface area contributed by atoms with Crippen LogP contribution in [0.15, 0.2) is 18.2 Å². The lowest BCUT2D eigenvalue weighted by atomic mass is 10.0. The van der Waals surface area contributed by atoms with Crippen LogP contribution < -0.4 is 10.6 Å². The second-order valence-corrected chi connectivity index (χ2v) is 5.33. The van der Waals surface area contributed by atoms with Crippen molar-refractivity contribution in [1.82, 2.24) is 5.32 Å². The van der Waals surface area contributed by atoms with Gasteiger partial charge in [0.15, 0.2) is 0 Å². The van der Waals surface area contributed by atoms with Crippen LogP contribution in [0.4, 0.5) is 10.1 Å². The fourth-order valence-corrected chi connectivity index (χ4v) is 1.74. The van der Waals surface area contributed by atoms with E-state index in [-0.39, 0.29) is 18.2 Å². The summed E-state index contributed by atoms with van der Waals surface area (Å²) in [5.41, 5.74) is 0.876. The molecule has 5 nitrogen and oxygen atoms in total. The molecule has 1 aromatic rings. The predicted molar refractivity (Wildman–Crippen MR) is 78.2 cm³/mol. The number of rotatable bonds is 5.